The van der Waals surface area contributed by atoms with E-state index in [1.807, 2.05) is 33.3 Å². The molecule has 0 aromatic heterocycles. The van der Waals surface area contributed by atoms with Gasteiger partial charge in [-0.15, -0.1) is 0 Å². The van der Waals surface area contributed by atoms with Crippen LogP contribution < -0.4 is 10.2 Å². The number of likely N-dealkylation sites (N-methyl/N-ethyl adjacent to an activating group) is 1. The quantitative estimate of drug-likeness (QED) is 0.0212. The van der Waals surface area contributed by atoms with Crippen molar-refractivity contribution in [2.24, 2.45) is 0 Å². The van der Waals surface area contributed by atoms with Gasteiger partial charge in [-0.2, -0.15) is 0 Å². The molecule has 0 radical (unpaired) electrons. The number of carbonyl (C=O) groups excluding carboxylic acids is 2. The number of nitrogens with zero attached hydrogens (tertiary/aromatic N) is 1. The first-order valence-electron chi connectivity index (χ1n) is 33.8. The van der Waals surface area contributed by atoms with E-state index < -0.39 is 26.6 Å². The standard InChI is InChI=1S/C73H127N2O7P/c1-7-10-13-16-19-22-25-27-29-31-33-34-35-36-37-38-39-40-42-43-45-47-50-53-56-59-62-65-72(76)74-70(69-81-83(78,79)80-68-67-75(4,5)6)71(64-61-58-55-52-49-24-21-18-15-12-9-3)82-73(77)66-63-60-57-54-51-48-46-44-41-32-30-28-26-23-20-17-14-11-8-2/h10,13,19-20,22-23,27-30,33-34,36-37,41,44,48,51,61,64,70-71H,7-9,11-12,14-18,21,24-26,31-32,35,38-40,42-43,45-47,49-50,52-60,62-63,65-69H2,1-6H3,(H-,74,76,78,79)/b13-10-,22-19-,23-20-,29-27-,30-28-,34-33-,37-36-,44-41-,51-48-,64-61-. The van der Waals surface area contributed by atoms with Crippen molar-refractivity contribution in [3.8, 4) is 0 Å². The first kappa shape index (κ1) is 79.4. The van der Waals surface area contributed by atoms with Gasteiger partial charge in [-0.05, 0) is 122 Å². The fraction of sp³-hybridized carbons (Fsp3) is 0.699. The minimum absolute atomic E-state index is 0.0340. The summed E-state index contributed by atoms with van der Waals surface area (Å²) in [5, 5.41) is 3.02. The summed E-state index contributed by atoms with van der Waals surface area (Å²) in [4.78, 5) is 40.1. The van der Waals surface area contributed by atoms with Crippen LogP contribution >= 0.6 is 7.82 Å². The molecule has 0 saturated carbocycles. The van der Waals surface area contributed by atoms with Gasteiger partial charge in [0.2, 0.25) is 5.91 Å². The number of hydrogen-bond acceptors (Lipinski definition) is 7. The van der Waals surface area contributed by atoms with Crippen LogP contribution in [0.15, 0.2) is 122 Å². The molecule has 3 unspecified atom stereocenters. The summed E-state index contributed by atoms with van der Waals surface area (Å²) in [5.74, 6) is -0.585. The number of carbonyl (C=O) groups is 2. The number of allylic oxidation sites excluding steroid dienone is 19. The van der Waals surface area contributed by atoms with Crippen LogP contribution in [-0.2, 0) is 27.9 Å². The molecule has 10 heteroatoms. The molecule has 0 bridgehead atoms. The third-order valence-electron chi connectivity index (χ3n) is 14.4. The number of unbranched alkanes of at least 4 members (excludes halogenated alkanes) is 26. The maximum absolute atomic E-state index is 13.6. The lowest BCUT2D eigenvalue weighted by atomic mass is 10.0. The Balaban J connectivity index is 5.12. The Kier molecular flexibility index (Phi) is 58.8. The summed E-state index contributed by atoms with van der Waals surface area (Å²) in [5.41, 5.74) is 0. The van der Waals surface area contributed by atoms with Gasteiger partial charge in [-0.1, -0.05) is 265 Å². The summed E-state index contributed by atoms with van der Waals surface area (Å²) in [6.45, 7) is 6.67. The van der Waals surface area contributed by atoms with Crippen LogP contribution in [0.3, 0.4) is 0 Å². The minimum Gasteiger partial charge on any atom is -0.756 e. The molecule has 83 heavy (non-hydrogen) atoms. The summed E-state index contributed by atoms with van der Waals surface area (Å²) in [6.07, 6.45) is 86.0. The van der Waals surface area contributed by atoms with Crippen LogP contribution in [0.25, 0.3) is 0 Å². The molecule has 0 aliphatic carbocycles. The van der Waals surface area contributed by atoms with Gasteiger partial charge in [0.25, 0.3) is 7.82 Å². The van der Waals surface area contributed by atoms with E-state index in [4.69, 9.17) is 13.8 Å². The second-order valence-corrected chi connectivity index (χ2v) is 25.0. The largest absolute Gasteiger partial charge is 0.756 e. The number of nitrogens with one attached hydrogen (secondary N) is 1. The van der Waals surface area contributed by atoms with E-state index in [9.17, 15) is 19.0 Å². The number of rotatable bonds is 60. The van der Waals surface area contributed by atoms with E-state index in [0.717, 1.165) is 122 Å². The van der Waals surface area contributed by atoms with Gasteiger partial charge in [0.05, 0.1) is 33.8 Å². The van der Waals surface area contributed by atoms with Gasteiger partial charge in [0.15, 0.2) is 0 Å². The minimum atomic E-state index is -4.72. The molecular weight excluding hydrogens is 1050 g/mol. The predicted octanol–water partition coefficient (Wildman–Crippen LogP) is 20.8. The predicted molar refractivity (Wildman–Crippen MR) is 357 cm³/mol. The Morgan fingerprint density at radius 3 is 1.19 bits per heavy atom. The molecule has 0 spiro atoms. The van der Waals surface area contributed by atoms with E-state index >= 15 is 0 Å². The lowest BCUT2D eigenvalue weighted by Crippen LogP contribution is -2.47. The van der Waals surface area contributed by atoms with Crippen LogP contribution in [0.2, 0.25) is 0 Å². The van der Waals surface area contributed by atoms with Crippen LogP contribution in [0.4, 0.5) is 0 Å². The number of hydrogen-bond donors (Lipinski definition) is 1. The van der Waals surface area contributed by atoms with Crippen molar-refractivity contribution in [1.29, 1.82) is 0 Å². The lowest BCUT2D eigenvalue weighted by molar-refractivity contribution is -0.870. The molecular formula is C73H127N2O7P. The van der Waals surface area contributed by atoms with E-state index in [0.29, 0.717) is 23.9 Å². The summed E-state index contributed by atoms with van der Waals surface area (Å²) < 4.78 is 30.3. The Morgan fingerprint density at radius 2 is 0.771 bits per heavy atom. The highest BCUT2D eigenvalue weighted by molar-refractivity contribution is 7.45. The highest BCUT2D eigenvalue weighted by Gasteiger charge is 2.27. The zero-order valence-electron chi connectivity index (χ0n) is 54.4. The summed E-state index contributed by atoms with van der Waals surface area (Å²) in [7, 11) is 1.15. The molecule has 0 aromatic rings. The zero-order chi connectivity index (χ0) is 60.7. The molecule has 0 saturated heterocycles. The van der Waals surface area contributed by atoms with Crippen LogP contribution in [0.5, 0.6) is 0 Å². The molecule has 476 valence electrons. The van der Waals surface area contributed by atoms with Crippen molar-refractivity contribution < 1.29 is 37.3 Å². The van der Waals surface area contributed by atoms with Gasteiger partial charge in [-0.25, -0.2) is 0 Å². The number of quaternary nitrogens is 1. The van der Waals surface area contributed by atoms with E-state index in [1.165, 1.54) is 116 Å². The second-order valence-electron chi connectivity index (χ2n) is 23.6. The van der Waals surface area contributed by atoms with E-state index in [-0.39, 0.29) is 24.9 Å². The molecule has 0 aliphatic heterocycles. The topological polar surface area (TPSA) is 114 Å². The fourth-order valence-corrected chi connectivity index (χ4v) is 9.90. The summed E-state index contributed by atoms with van der Waals surface area (Å²) >= 11 is 0. The van der Waals surface area contributed by atoms with Gasteiger partial charge < -0.3 is 28.5 Å². The third-order valence-corrected chi connectivity index (χ3v) is 15.3. The maximum atomic E-state index is 13.6. The highest BCUT2D eigenvalue weighted by atomic mass is 31.2. The van der Waals surface area contributed by atoms with Crippen LogP contribution in [-0.4, -0.2) is 69.4 Å². The zero-order valence-corrected chi connectivity index (χ0v) is 55.3. The molecule has 1 N–H and O–H groups in total. The first-order valence-corrected chi connectivity index (χ1v) is 35.3. The number of ether oxygens (including phenoxy) is 1. The van der Waals surface area contributed by atoms with Gasteiger partial charge in [-0.3, -0.25) is 14.2 Å². The smallest absolute Gasteiger partial charge is 0.306 e. The Morgan fingerprint density at radius 1 is 0.434 bits per heavy atom. The van der Waals surface area contributed by atoms with Crippen LogP contribution in [0, 0.1) is 0 Å². The molecule has 1 amide bonds. The Hall–Kier alpha value is -3.59. The molecule has 0 heterocycles. The first-order chi connectivity index (χ1) is 40.4. The van der Waals surface area contributed by atoms with Crippen molar-refractivity contribution >= 4 is 19.7 Å². The normalized spacial score (nSPS) is 14.3. The second kappa shape index (κ2) is 61.5. The Bertz CT molecular complexity index is 1830. The third kappa shape index (κ3) is 62.8. The van der Waals surface area contributed by atoms with Crippen molar-refractivity contribution in [3.63, 3.8) is 0 Å². The molecule has 3 atom stereocenters. The number of esters is 1. The average molecular weight is 1180 g/mol. The van der Waals surface area contributed by atoms with Gasteiger partial charge in [0.1, 0.15) is 19.3 Å². The summed E-state index contributed by atoms with van der Waals surface area (Å²) in [6, 6.07) is -0.911. The molecule has 0 aliphatic rings. The molecule has 0 fully saturated rings. The average Bonchev–Trinajstić information content (AvgIpc) is 3.51. The Labute approximate surface area is 512 Å². The van der Waals surface area contributed by atoms with Gasteiger partial charge >= 0.3 is 5.97 Å². The molecule has 0 rings (SSSR count). The van der Waals surface area contributed by atoms with Crippen molar-refractivity contribution in [3.05, 3.63) is 122 Å². The van der Waals surface area contributed by atoms with Crippen molar-refractivity contribution in [2.45, 2.75) is 290 Å². The van der Waals surface area contributed by atoms with Crippen LogP contribution in [0.1, 0.15) is 278 Å². The van der Waals surface area contributed by atoms with Gasteiger partial charge in [0, 0.05) is 12.8 Å². The fourth-order valence-electron chi connectivity index (χ4n) is 9.18. The van der Waals surface area contributed by atoms with Crippen molar-refractivity contribution in [2.75, 3.05) is 40.9 Å². The highest BCUT2D eigenvalue weighted by Crippen LogP contribution is 2.38. The number of phosphoric ester groups is 1. The van der Waals surface area contributed by atoms with Crippen molar-refractivity contribution in [1.82, 2.24) is 5.32 Å². The monoisotopic (exact) mass is 1170 g/mol. The van der Waals surface area contributed by atoms with E-state index in [2.05, 4.69) is 135 Å². The lowest BCUT2D eigenvalue weighted by Gasteiger charge is -2.30. The molecule has 9 nitrogen and oxygen atoms in total. The molecule has 0 aromatic carbocycles. The maximum Gasteiger partial charge on any atom is 0.306 e. The number of amides is 1. The number of phosphoric acid groups is 1. The van der Waals surface area contributed by atoms with E-state index in [1.54, 1.807) is 0 Å². The SMILES string of the molecule is CC/C=C\C/C=C\C/C=C\C/C=C\C/C=C\CCCCCCCCCCCCCC(=O)NC(COP(=O)([O-])OCC[N+](C)(C)C)C(/C=C\CCCCCCCCCCC)OC(=O)CCCCC/C=C\C/C=C\C/C=C\C/C=C\CCCCC.